The van der Waals surface area contributed by atoms with Crippen LogP contribution in [0.2, 0.25) is 0 Å². The van der Waals surface area contributed by atoms with Gasteiger partial charge in [0.1, 0.15) is 5.60 Å². The molecule has 5 rings (SSSR count). The number of ether oxygens (including phenoxy) is 2. The van der Waals surface area contributed by atoms with E-state index in [1.807, 2.05) is 66.7 Å². The second kappa shape index (κ2) is 7.08. The molecular formula is C26H20O4. The zero-order valence-electron chi connectivity index (χ0n) is 16.4. The van der Waals surface area contributed by atoms with Crippen molar-refractivity contribution >= 4 is 11.8 Å². The highest BCUT2D eigenvalue weighted by atomic mass is 16.6. The minimum atomic E-state index is -0.892. The fourth-order valence-electron chi connectivity index (χ4n) is 4.57. The van der Waals surface area contributed by atoms with Gasteiger partial charge in [-0.05, 0) is 22.8 Å². The molecule has 1 fully saturated rings. The molecular weight excluding hydrogens is 376 g/mol. The average molecular weight is 396 g/mol. The zero-order valence-corrected chi connectivity index (χ0v) is 16.4. The fraction of sp³-hybridized carbons (Fsp3) is 0.154. The number of ketones is 1. The van der Waals surface area contributed by atoms with E-state index in [4.69, 9.17) is 9.47 Å². The smallest absolute Gasteiger partial charge is 0.308 e. The number of rotatable bonds is 3. The first-order valence-corrected chi connectivity index (χ1v) is 9.93. The highest BCUT2D eigenvalue weighted by Crippen LogP contribution is 2.62. The summed E-state index contributed by atoms with van der Waals surface area (Å²) in [7, 11) is 0. The van der Waals surface area contributed by atoms with Gasteiger partial charge in [0, 0.05) is 12.5 Å². The number of Topliss-reactive ketones (excluding diaryl/α,β-unsaturated/α-hetero) is 1. The molecule has 0 bridgehead atoms. The summed E-state index contributed by atoms with van der Waals surface area (Å²) < 4.78 is 11.9. The van der Waals surface area contributed by atoms with Gasteiger partial charge in [0.15, 0.2) is 5.76 Å². The Morgan fingerprint density at radius 1 is 0.867 bits per heavy atom. The molecule has 0 aromatic heterocycles. The standard InChI is InChI=1S/C26H20O4/c1-17(27)29-22-16-26(21-15-9-8-14-20(21)24(22)28)23(18-10-4-2-5-11-18)25(30-26)19-12-6-3-7-13-19/h2-16,23,25H,1H3. The summed E-state index contributed by atoms with van der Waals surface area (Å²) in [5.74, 6) is -0.890. The van der Waals surface area contributed by atoms with Gasteiger partial charge < -0.3 is 9.47 Å². The predicted octanol–water partition coefficient (Wildman–Crippen LogP) is 5.08. The SMILES string of the molecule is CC(=O)OC1=CC2(OC(c3ccccc3)C2c2ccccc2)c2ccccc2C1=O. The van der Waals surface area contributed by atoms with Crippen molar-refractivity contribution in [2.24, 2.45) is 0 Å². The fourth-order valence-corrected chi connectivity index (χ4v) is 4.57. The van der Waals surface area contributed by atoms with Crippen LogP contribution in [0, 0.1) is 0 Å². The minimum Gasteiger partial charge on any atom is -0.423 e. The number of carbonyl (C=O) groups is 2. The molecule has 1 heterocycles. The van der Waals surface area contributed by atoms with Crippen LogP contribution in [0.4, 0.5) is 0 Å². The summed E-state index contributed by atoms with van der Waals surface area (Å²) in [6, 6.07) is 27.6. The second-order valence-corrected chi connectivity index (χ2v) is 7.61. The minimum absolute atomic E-state index is 0.0219. The van der Waals surface area contributed by atoms with Crippen molar-refractivity contribution in [3.8, 4) is 0 Å². The van der Waals surface area contributed by atoms with Crippen molar-refractivity contribution < 1.29 is 19.1 Å². The molecule has 1 aliphatic heterocycles. The molecule has 30 heavy (non-hydrogen) atoms. The van der Waals surface area contributed by atoms with Gasteiger partial charge in [-0.2, -0.15) is 0 Å². The van der Waals surface area contributed by atoms with E-state index in [2.05, 4.69) is 12.1 Å². The molecule has 0 radical (unpaired) electrons. The maximum Gasteiger partial charge on any atom is 0.308 e. The summed E-state index contributed by atoms with van der Waals surface area (Å²) >= 11 is 0. The number of esters is 1. The molecule has 3 aromatic rings. The third-order valence-electron chi connectivity index (χ3n) is 5.79. The van der Waals surface area contributed by atoms with Crippen LogP contribution in [0.3, 0.4) is 0 Å². The summed E-state index contributed by atoms with van der Waals surface area (Å²) in [6.07, 6.45) is 1.50. The molecule has 0 saturated carbocycles. The molecule has 1 aliphatic carbocycles. The van der Waals surface area contributed by atoms with E-state index in [1.165, 1.54) is 6.92 Å². The topological polar surface area (TPSA) is 52.6 Å². The lowest BCUT2D eigenvalue weighted by molar-refractivity contribution is -0.213. The lowest BCUT2D eigenvalue weighted by Crippen LogP contribution is -2.52. The van der Waals surface area contributed by atoms with E-state index >= 15 is 0 Å². The number of carbonyl (C=O) groups excluding carboxylic acids is 2. The molecule has 1 saturated heterocycles. The molecule has 0 N–H and O–H groups in total. The Morgan fingerprint density at radius 3 is 2.13 bits per heavy atom. The molecule has 148 valence electrons. The van der Waals surface area contributed by atoms with E-state index < -0.39 is 11.6 Å². The third kappa shape index (κ3) is 2.80. The van der Waals surface area contributed by atoms with Gasteiger partial charge in [-0.15, -0.1) is 0 Å². The predicted molar refractivity (Wildman–Crippen MR) is 112 cm³/mol. The summed E-state index contributed by atoms with van der Waals surface area (Å²) in [6.45, 7) is 1.30. The van der Waals surface area contributed by atoms with E-state index in [9.17, 15) is 9.59 Å². The van der Waals surface area contributed by atoms with E-state index in [1.54, 1.807) is 12.1 Å². The van der Waals surface area contributed by atoms with Gasteiger partial charge in [-0.25, -0.2) is 0 Å². The first-order valence-electron chi connectivity index (χ1n) is 9.93. The molecule has 4 nitrogen and oxygen atoms in total. The van der Waals surface area contributed by atoms with Crippen LogP contribution in [0.1, 0.15) is 46.0 Å². The number of allylic oxidation sites excluding steroid dienone is 1. The number of hydrogen-bond donors (Lipinski definition) is 0. The maximum absolute atomic E-state index is 13.0. The van der Waals surface area contributed by atoms with Gasteiger partial charge in [0.05, 0.1) is 12.0 Å². The lowest BCUT2D eigenvalue weighted by Gasteiger charge is -2.55. The quantitative estimate of drug-likeness (QED) is 0.580. The Hall–Kier alpha value is -3.50. The van der Waals surface area contributed by atoms with Crippen molar-refractivity contribution in [3.05, 3.63) is 119 Å². The lowest BCUT2D eigenvalue weighted by atomic mass is 9.64. The largest absolute Gasteiger partial charge is 0.423 e. The molecule has 3 atom stereocenters. The van der Waals surface area contributed by atoms with Crippen LogP contribution in [0.25, 0.3) is 0 Å². The van der Waals surface area contributed by atoms with E-state index in [-0.39, 0.29) is 23.6 Å². The number of fused-ring (bicyclic) bond motifs is 2. The van der Waals surface area contributed by atoms with Crippen LogP contribution < -0.4 is 0 Å². The number of benzene rings is 3. The third-order valence-corrected chi connectivity index (χ3v) is 5.79. The first-order chi connectivity index (χ1) is 14.6. The molecule has 3 aromatic carbocycles. The van der Waals surface area contributed by atoms with Crippen molar-refractivity contribution in [1.82, 2.24) is 0 Å². The normalized spacial score (nSPS) is 24.6. The summed E-state index contributed by atoms with van der Waals surface area (Å²) in [4.78, 5) is 24.6. The van der Waals surface area contributed by atoms with Crippen LogP contribution in [0.15, 0.2) is 96.8 Å². The second-order valence-electron chi connectivity index (χ2n) is 7.61. The van der Waals surface area contributed by atoms with Gasteiger partial charge >= 0.3 is 5.97 Å². The van der Waals surface area contributed by atoms with E-state index in [0.717, 1.165) is 16.7 Å². The Bertz CT molecular complexity index is 1150. The monoisotopic (exact) mass is 396 g/mol. The van der Waals surface area contributed by atoms with Gasteiger partial charge in [-0.1, -0.05) is 84.9 Å². The molecule has 2 aliphatic rings. The van der Waals surface area contributed by atoms with Crippen molar-refractivity contribution in [1.29, 1.82) is 0 Å². The highest BCUT2D eigenvalue weighted by molar-refractivity contribution is 6.11. The highest BCUT2D eigenvalue weighted by Gasteiger charge is 2.59. The van der Waals surface area contributed by atoms with Gasteiger partial charge in [0.2, 0.25) is 5.78 Å². The van der Waals surface area contributed by atoms with Crippen molar-refractivity contribution in [2.45, 2.75) is 24.5 Å². The van der Waals surface area contributed by atoms with Gasteiger partial charge in [-0.3, -0.25) is 9.59 Å². The van der Waals surface area contributed by atoms with Crippen LogP contribution >= 0.6 is 0 Å². The van der Waals surface area contributed by atoms with Crippen molar-refractivity contribution in [2.75, 3.05) is 0 Å². The van der Waals surface area contributed by atoms with Crippen LogP contribution in [-0.4, -0.2) is 11.8 Å². The van der Waals surface area contributed by atoms with E-state index in [0.29, 0.717) is 5.56 Å². The van der Waals surface area contributed by atoms with Gasteiger partial charge in [0.25, 0.3) is 0 Å². The average Bonchev–Trinajstić information content (AvgIpc) is 2.76. The van der Waals surface area contributed by atoms with Crippen LogP contribution in [0.5, 0.6) is 0 Å². The summed E-state index contributed by atoms with van der Waals surface area (Å²) in [5, 5.41) is 0. The summed E-state index contributed by atoms with van der Waals surface area (Å²) in [5.41, 5.74) is 2.57. The zero-order chi connectivity index (χ0) is 20.7. The van der Waals surface area contributed by atoms with Crippen LogP contribution in [-0.2, 0) is 19.9 Å². The Kier molecular flexibility index (Phi) is 4.37. The Labute approximate surface area is 174 Å². The van der Waals surface area contributed by atoms with Crippen molar-refractivity contribution in [3.63, 3.8) is 0 Å². The molecule has 0 amide bonds. The molecule has 4 heteroatoms. The first kappa shape index (κ1) is 18.5. The maximum atomic E-state index is 13.0. The molecule has 3 unspecified atom stereocenters. The Balaban J connectivity index is 1.71. The number of hydrogen-bond acceptors (Lipinski definition) is 4. The molecule has 1 spiro atoms. The Morgan fingerprint density at radius 2 is 1.47 bits per heavy atom.